The van der Waals surface area contributed by atoms with Crippen LogP contribution in [-0.4, -0.2) is 28.8 Å². The van der Waals surface area contributed by atoms with E-state index in [-0.39, 0.29) is 5.03 Å². The number of aryl methyl sites for hydroxylation is 3. The first kappa shape index (κ1) is 14.3. The summed E-state index contributed by atoms with van der Waals surface area (Å²) >= 11 is 0. The Bertz CT molecular complexity index is 793. The summed E-state index contributed by atoms with van der Waals surface area (Å²) in [5.74, 6) is 0. The van der Waals surface area contributed by atoms with Crippen LogP contribution >= 0.6 is 0 Å². The van der Waals surface area contributed by atoms with E-state index < -0.39 is 10.0 Å². The van der Waals surface area contributed by atoms with Crippen molar-refractivity contribution in [1.29, 1.82) is 0 Å². The van der Waals surface area contributed by atoms with E-state index in [0.29, 0.717) is 13.1 Å². The van der Waals surface area contributed by atoms with E-state index in [2.05, 4.69) is 24.0 Å². The summed E-state index contributed by atoms with van der Waals surface area (Å²) in [5.41, 5.74) is 4.81. The molecule has 0 saturated heterocycles. The summed E-state index contributed by atoms with van der Waals surface area (Å²) in [6.07, 6.45) is 3.82. The molecule has 5 nitrogen and oxygen atoms in total. The van der Waals surface area contributed by atoms with Gasteiger partial charge in [0.25, 0.3) is 10.0 Å². The standard InChI is InChI=1S/C15H19N3O2S/c1-11-6-12(2)14-4-5-18(8-13(14)7-11)21(19,20)15-9-17(3)10-16-15/h6-7,9-10H,4-5,8H2,1-3H3. The number of hydrogen-bond acceptors (Lipinski definition) is 3. The minimum absolute atomic E-state index is 0.123. The minimum atomic E-state index is -3.51. The zero-order chi connectivity index (χ0) is 15.2. The molecule has 1 aliphatic rings. The highest BCUT2D eigenvalue weighted by Gasteiger charge is 2.30. The third-order valence-electron chi connectivity index (χ3n) is 3.95. The maximum absolute atomic E-state index is 12.6. The van der Waals surface area contributed by atoms with Crippen molar-refractivity contribution < 1.29 is 8.42 Å². The molecule has 0 amide bonds. The van der Waals surface area contributed by atoms with Crippen LogP contribution < -0.4 is 0 Å². The molecule has 21 heavy (non-hydrogen) atoms. The third kappa shape index (κ3) is 2.49. The zero-order valence-electron chi connectivity index (χ0n) is 12.5. The van der Waals surface area contributed by atoms with Crippen LogP contribution in [-0.2, 0) is 30.0 Å². The van der Waals surface area contributed by atoms with E-state index in [1.165, 1.54) is 27.3 Å². The Kier molecular flexibility index (Phi) is 3.37. The van der Waals surface area contributed by atoms with Crippen molar-refractivity contribution in [2.45, 2.75) is 31.8 Å². The van der Waals surface area contributed by atoms with Gasteiger partial charge in [-0.15, -0.1) is 0 Å². The Morgan fingerprint density at radius 2 is 2.00 bits per heavy atom. The number of benzene rings is 1. The molecule has 0 atom stereocenters. The molecule has 0 spiro atoms. The summed E-state index contributed by atoms with van der Waals surface area (Å²) in [7, 11) is -1.74. The quantitative estimate of drug-likeness (QED) is 0.850. The Hall–Kier alpha value is -1.66. The van der Waals surface area contributed by atoms with E-state index in [0.717, 1.165) is 12.0 Å². The fraction of sp³-hybridized carbons (Fsp3) is 0.400. The fourth-order valence-corrected chi connectivity index (χ4v) is 4.33. The molecule has 0 aliphatic carbocycles. The van der Waals surface area contributed by atoms with E-state index in [1.807, 2.05) is 6.92 Å². The van der Waals surface area contributed by atoms with Gasteiger partial charge in [-0.2, -0.15) is 4.31 Å². The number of aromatic nitrogens is 2. The highest BCUT2D eigenvalue weighted by molar-refractivity contribution is 7.89. The second kappa shape index (κ2) is 4.96. The van der Waals surface area contributed by atoms with Gasteiger partial charge in [-0.1, -0.05) is 17.7 Å². The number of imidazole rings is 1. The van der Waals surface area contributed by atoms with E-state index in [9.17, 15) is 8.42 Å². The SMILES string of the molecule is Cc1cc(C)c2c(c1)CN(S(=O)(=O)c1cn(C)cn1)CC2. The molecular weight excluding hydrogens is 286 g/mol. The van der Waals surface area contributed by atoms with Gasteiger partial charge < -0.3 is 4.57 Å². The third-order valence-corrected chi connectivity index (χ3v) is 5.68. The predicted molar refractivity (Wildman–Crippen MR) is 80.4 cm³/mol. The van der Waals surface area contributed by atoms with Gasteiger partial charge in [-0.25, -0.2) is 13.4 Å². The highest BCUT2D eigenvalue weighted by atomic mass is 32.2. The van der Waals surface area contributed by atoms with Crippen molar-refractivity contribution in [3.8, 4) is 0 Å². The first-order valence-electron chi connectivity index (χ1n) is 6.95. The van der Waals surface area contributed by atoms with Crippen LogP contribution in [0.4, 0.5) is 0 Å². The Morgan fingerprint density at radius 3 is 2.67 bits per heavy atom. The first-order valence-corrected chi connectivity index (χ1v) is 8.39. The second-order valence-electron chi connectivity index (χ2n) is 5.69. The molecule has 1 aromatic heterocycles. The molecule has 0 unspecified atom stereocenters. The molecule has 0 radical (unpaired) electrons. The van der Waals surface area contributed by atoms with Crippen molar-refractivity contribution >= 4 is 10.0 Å². The van der Waals surface area contributed by atoms with Gasteiger partial charge in [0.05, 0.1) is 6.33 Å². The van der Waals surface area contributed by atoms with Gasteiger partial charge in [0.15, 0.2) is 5.03 Å². The number of nitrogens with zero attached hydrogens (tertiary/aromatic N) is 3. The molecule has 1 aromatic carbocycles. The predicted octanol–water partition coefficient (Wildman–Crippen LogP) is 1.78. The largest absolute Gasteiger partial charge is 0.339 e. The van der Waals surface area contributed by atoms with Gasteiger partial charge in [0, 0.05) is 26.3 Å². The lowest BCUT2D eigenvalue weighted by Crippen LogP contribution is -2.36. The molecule has 2 aromatic rings. The fourth-order valence-electron chi connectivity index (χ4n) is 2.95. The van der Waals surface area contributed by atoms with Gasteiger partial charge in [0.1, 0.15) is 0 Å². The lowest BCUT2D eigenvalue weighted by molar-refractivity contribution is 0.389. The second-order valence-corrected chi connectivity index (χ2v) is 7.57. The topological polar surface area (TPSA) is 55.2 Å². The number of sulfonamides is 1. The van der Waals surface area contributed by atoms with Crippen molar-refractivity contribution in [3.05, 3.63) is 46.9 Å². The van der Waals surface area contributed by atoms with Crippen molar-refractivity contribution in [1.82, 2.24) is 13.9 Å². The van der Waals surface area contributed by atoms with Crippen LogP contribution in [0.25, 0.3) is 0 Å². The molecule has 0 saturated carbocycles. The lowest BCUT2D eigenvalue weighted by Gasteiger charge is -2.28. The number of rotatable bonds is 2. The van der Waals surface area contributed by atoms with Gasteiger partial charge in [-0.3, -0.25) is 0 Å². The van der Waals surface area contributed by atoms with Crippen molar-refractivity contribution in [3.63, 3.8) is 0 Å². The van der Waals surface area contributed by atoms with Crippen LogP contribution in [0.15, 0.2) is 29.7 Å². The van der Waals surface area contributed by atoms with E-state index >= 15 is 0 Å². The Morgan fingerprint density at radius 1 is 1.24 bits per heavy atom. The molecule has 2 heterocycles. The average molecular weight is 305 g/mol. The van der Waals surface area contributed by atoms with Crippen LogP contribution in [0, 0.1) is 13.8 Å². The van der Waals surface area contributed by atoms with Gasteiger partial charge >= 0.3 is 0 Å². The molecule has 3 rings (SSSR count). The Labute approximate surface area is 125 Å². The lowest BCUT2D eigenvalue weighted by atomic mass is 9.94. The summed E-state index contributed by atoms with van der Waals surface area (Å²) in [5, 5.41) is 0.123. The maximum Gasteiger partial charge on any atom is 0.262 e. The number of hydrogen-bond donors (Lipinski definition) is 0. The average Bonchev–Trinajstić information content (AvgIpc) is 2.85. The molecule has 112 valence electrons. The molecule has 1 aliphatic heterocycles. The van der Waals surface area contributed by atoms with Gasteiger partial charge in [0.2, 0.25) is 0 Å². The zero-order valence-corrected chi connectivity index (χ0v) is 13.3. The minimum Gasteiger partial charge on any atom is -0.339 e. The van der Waals surface area contributed by atoms with Crippen molar-refractivity contribution in [2.24, 2.45) is 7.05 Å². The summed E-state index contributed by atoms with van der Waals surface area (Å²) in [6.45, 7) is 5.07. The first-order chi connectivity index (χ1) is 9.88. The molecule has 0 fully saturated rings. The maximum atomic E-state index is 12.6. The Balaban J connectivity index is 1.96. The van der Waals surface area contributed by atoms with E-state index in [1.54, 1.807) is 17.8 Å². The van der Waals surface area contributed by atoms with Crippen LogP contribution in [0.3, 0.4) is 0 Å². The van der Waals surface area contributed by atoms with E-state index in [4.69, 9.17) is 0 Å². The molecule has 0 N–H and O–H groups in total. The van der Waals surface area contributed by atoms with Gasteiger partial charge in [-0.05, 0) is 37.0 Å². The molecule has 0 bridgehead atoms. The number of fused-ring (bicyclic) bond motifs is 1. The van der Waals surface area contributed by atoms with Crippen LogP contribution in [0.5, 0.6) is 0 Å². The molecular formula is C15H19N3O2S. The normalized spacial score (nSPS) is 16.0. The highest BCUT2D eigenvalue weighted by Crippen LogP contribution is 2.27. The monoisotopic (exact) mass is 305 g/mol. The van der Waals surface area contributed by atoms with Crippen LogP contribution in [0.1, 0.15) is 22.3 Å². The van der Waals surface area contributed by atoms with Crippen LogP contribution in [0.2, 0.25) is 0 Å². The smallest absolute Gasteiger partial charge is 0.262 e. The summed E-state index contributed by atoms with van der Waals surface area (Å²) in [4.78, 5) is 3.99. The van der Waals surface area contributed by atoms with Crippen molar-refractivity contribution in [2.75, 3.05) is 6.54 Å². The summed E-state index contributed by atoms with van der Waals surface area (Å²) in [6, 6.07) is 4.24. The molecule has 6 heteroatoms. The summed E-state index contributed by atoms with van der Waals surface area (Å²) < 4.78 is 28.4.